The van der Waals surface area contributed by atoms with Gasteiger partial charge in [-0.25, -0.2) is 4.98 Å². The van der Waals surface area contributed by atoms with E-state index in [4.69, 9.17) is 4.74 Å². The van der Waals surface area contributed by atoms with Crippen LogP contribution in [0.3, 0.4) is 0 Å². The van der Waals surface area contributed by atoms with Crippen molar-refractivity contribution in [1.29, 1.82) is 0 Å². The van der Waals surface area contributed by atoms with Gasteiger partial charge in [0.2, 0.25) is 0 Å². The zero-order chi connectivity index (χ0) is 27.3. The minimum Gasteiger partial charge on any atom is -0.501 e. The normalized spacial score (nSPS) is 10.5. The number of pyridine rings is 2. The molecule has 0 saturated carbocycles. The van der Waals surface area contributed by atoms with E-state index in [2.05, 4.69) is 62.3 Å². The van der Waals surface area contributed by atoms with Crippen LogP contribution >= 0.6 is 0 Å². The van der Waals surface area contributed by atoms with Crippen molar-refractivity contribution in [2.24, 2.45) is 7.05 Å². The molecule has 0 fully saturated rings. The van der Waals surface area contributed by atoms with Gasteiger partial charge >= 0.3 is 20.4 Å². The van der Waals surface area contributed by atoms with Crippen molar-refractivity contribution in [2.45, 2.75) is 0 Å². The third kappa shape index (κ3) is 6.20. The molecule has 0 unspecified atom stereocenters. The molecule has 0 saturated heterocycles. The van der Waals surface area contributed by atoms with E-state index in [9.17, 15) is 0 Å². The second-order valence-corrected chi connectivity index (χ2v) is 9.12. The summed E-state index contributed by atoms with van der Waals surface area (Å²) in [5.74, 6) is 2.52. The van der Waals surface area contributed by atoms with Crippen LogP contribution < -0.4 is 14.5 Å². The number of hydrogen-bond donors (Lipinski definition) is 0. The Hall–Kier alpha value is -4.77. The molecule has 6 aromatic rings. The van der Waals surface area contributed by atoms with Gasteiger partial charge in [0.25, 0.3) is 0 Å². The summed E-state index contributed by atoms with van der Waals surface area (Å²) < 4.78 is 8.28. The van der Waals surface area contributed by atoms with E-state index in [1.807, 2.05) is 90.4 Å². The maximum absolute atomic E-state index is 6.36. The van der Waals surface area contributed by atoms with E-state index >= 15 is 0 Å². The molecule has 3 aromatic heterocycles. The van der Waals surface area contributed by atoms with Crippen LogP contribution in [0.1, 0.15) is 0 Å². The van der Waals surface area contributed by atoms with Crippen LogP contribution in [0.5, 0.6) is 11.5 Å². The molecule has 0 spiro atoms. The fourth-order valence-corrected chi connectivity index (χ4v) is 4.44. The molecular weight excluding hydrogens is 603 g/mol. The third-order valence-electron chi connectivity index (χ3n) is 6.39. The second kappa shape index (κ2) is 12.6. The van der Waals surface area contributed by atoms with Crippen molar-refractivity contribution in [1.82, 2.24) is 19.5 Å². The Morgan fingerprint density at radius 2 is 1.44 bits per heavy atom. The average molecular weight is 629 g/mol. The molecular formula is C33H26N6OPd. The Morgan fingerprint density at radius 1 is 0.732 bits per heavy atom. The summed E-state index contributed by atoms with van der Waals surface area (Å²) in [6, 6.07) is 37.1. The maximum atomic E-state index is 6.36. The first-order valence-corrected chi connectivity index (χ1v) is 12.8. The van der Waals surface area contributed by atoms with Crippen molar-refractivity contribution < 1.29 is 25.2 Å². The molecule has 7 nitrogen and oxygen atoms in total. The summed E-state index contributed by atoms with van der Waals surface area (Å²) in [4.78, 5) is 17.5. The number of imidazole rings is 1. The van der Waals surface area contributed by atoms with E-state index in [-0.39, 0.29) is 20.4 Å². The quantitative estimate of drug-likeness (QED) is 0.128. The summed E-state index contributed by atoms with van der Waals surface area (Å²) in [5.41, 5.74) is 4.46. The molecule has 0 aliphatic carbocycles. The van der Waals surface area contributed by atoms with Crippen molar-refractivity contribution >= 4 is 28.6 Å². The van der Waals surface area contributed by atoms with Crippen LogP contribution in [0, 0.1) is 12.1 Å². The molecule has 8 heteroatoms. The first kappa shape index (κ1) is 27.8. The molecule has 3 aromatic carbocycles. The average Bonchev–Trinajstić information content (AvgIpc) is 3.44. The van der Waals surface area contributed by atoms with Gasteiger partial charge in [0, 0.05) is 49.8 Å². The maximum Gasteiger partial charge on any atom is 2.00 e. The van der Waals surface area contributed by atoms with Crippen LogP contribution in [0.25, 0.3) is 11.4 Å². The molecule has 204 valence electrons. The second-order valence-electron chi connectivity index (χ2n) is 9.12. The Morgan fingerprint density at radius 3 is 2.07 bits per heavy atom. The summed E-state index contributed by atoms with van der Waals surface area (Å²) >= 11 is 0. The SMILES string of the molecule is CN(c1[c-]c(Oc2[c-]c(-c3nccn3C)cnc2)cc(N(c2ccccc2)c2ccccc2)c1)c1ccccn1.[Pd+2]. The molecule has 6 rings (SSSR count). The topological polar surface area (TPSA) is 59.3 Å². The van der Waals surface area contributed by atoms with Crippen molar-refractivity contribution in [3.63, 3.8) is 0 Å². The minimum absolute atomic E-state index is 0. The van der Waals surface area contributed by atoms with Gasteiger partial charge in [-0.15, -0.1) is 18.2 Å². The third-order valence-corrected chi connectivity index (χ3v) is 6.39. The van der Waals surface area contributed by atoms with E-state index in [0.29, 0.717) is 11.5 Å². The van der Waals surface area contributed by atoms with Gasteiger partial charge in [-0.2, -0.15) is 0 Å². The fraction of sp³-hybridized carbons (Fsp3) is 0.0606. The Balaban J connectivity index is 0.00000337. The van der Waals surface area contributed by atoms with Gasteiger partial charge in [-0.3, -0.25) is 4.98 Å². The molecule has 0 amide bonds. The fourth-order valence-electron chi connectivity index (χ4n) is 4.44. The largest absolute Gasteiger partial charge is 2.00 e. The number of aromatic nitrogens is 4. The summed E-state index contributed by atoms with van der Waals surface area (Å²) in [6.45, 7) is 0. The Kier molecular flexibility index (Phi) is 8.54. The van der Waals surface area contributed by atoms with Crippen LogP contribution in [-0.4, -0.2) is 26.6 Å². The zero-order valence-electron chi connectivity index (χ0n) is 22.5. The molecule has 0 bridgehead atoms. The number of benzene rings is 3. The van der Waals surface area contributed by atoms with Crippen molar-refractivity contribution in [3.05, 3.63) is 134 Å². The first-order chi connectivity index (χ1) is 19.7. The number of hydrogen-bond acceptors (Lipinski definition) is 6. The monoisotopic (exact) mass is 628 g/mol. The molecule has 0 atom stereocenters. The van der Waals surface area contributed by atoms with Gasteiger partial charge in [0.15, 0.2) is 0 Å². The van der Waals surface area contributed by atoms with Crippen molar-refractivity contribution in [2.75, 3.05) is 16.8 Å². The Labute approximate surface area is 253 Å². The molecule has 3 heterocycles. The van der Waals surface area contributed by atoms with Gasteiger partial charge in [0.05, 0.1) is 11.6 Å². The molecule has 41 heavy (non-hydrogen) atoms. The standard InChI is InChI=1S/C33H26N6O.Pd/c1-37-18-17-36-33(37)25-19-31(24-34-23-25)40-30-21-28(38(2)32-15-9-10-16-35-32)20-29(22-30)39(26-11-5-3-6-12-26)27-13-7-4-8-14-27;/h3-18,20,22-24H,1-2H3;/q-2;+2. The first-order valence-electron chi connectivity index (χ1n) is 12.8. The number of nitrogens with zero attached hydrogens (tertiary/aromatic N) is 6. The predicted molar refractivity (Wildman–Crippen MR) is 158 cm³/mol. The number of rotatable bonds is 8. The smallest absolute Gasteiger partial charge is 0.501 e. The Bertz CT molecular complexity index is 1670. The predicted octanol–water partition coefficient (Wildman–Crippen LogP) is 7.50. The van der Waals surface area contributed by atoms with E-state index < -0.39 is 0 Å². The van der Waals surface area contributed by atoms with Crippen LogP contribution in [0.4, 0.5) is 28.6 Å². The summed E-state index contributed by atoms with van der Waals surface area (Å²) in [7, 11) is 3.90. The van der Waals surface area contributed by atoms with E-state index in [1.54, 1.807) is 24.8 Å². The van der Waals surface area contributed by atoms with E-state index in [1.165, 1.54) is 0 Å². The van der Waals surface area contributed by atoms with Gasteiger partial charge in [0.1, 0.15) is 5.82 Å². The molecule has 0 aliphatic rings. The number of ether oxygens (including phenoxy) is 1. The van der Waals surface area contributed by atoms with Gasteiger partial charge in [-0.1, -0.05) is 71.7 Å². The van der Waals surface area contributed by atoms with Crippen molar-refractivity contribution in [3.8, 4) is 22.9 Å². The number of para-hydroxylation sites is 2. The molecule has 0 N–H and O–H groups in total. The van der Waals surface area contributed by atoms with Gasteiger partial charge in [-0.05, 0) is 42.6 Å². The zero-order valence-corrected chi connectivity index (χ0v) is 24.0. The van der Waals surface area contributed by atoms with E-state index in [0.717, 1.165) is 40.0 Å². The van der Waals surface area contributed by atoms with Crippen LogP contribution in [-0.2, 0) is 27.5 Å². The van der Waals surface area contributed by atoms with Crippen LogP contribution in [0.2, 0.25) is 0 Å². The summed E-state index contributed by atoms with van der Waals surface area (Å²) in [6.07, 6.45) is 8.77. The van der Waals surface area contributed by atoms with Crippen LogP contribution in [0.15, 0.2) is 122 Å². The molecule has 0 radical (unpaired) electrons. The number of aryl methyl sites for hydroxylation is 1. The summed E-state index contributed by atoms with van der Waals surface area (Å²) in [5, 5.41) is 0. The number of anilines is 5. The minimum atomic E-state index is 0. The molecule has 0 aliphatic heterocycles. The van der Waals surface area contributed by atoms with Gasteiger partial charge < -0.3 is 24.1 Å².